The number of hydrogen-bond donors (Lipinski definition) is 1. The summed E-state index contributed by atoms with van der Waals surface area (Å²) in [5.74, 6) is -1.20. The smallest absolute Gasteiger partial charge is 0.354 e. The minimum absolute atomic E-state index is 0.0714. The summed E-state index contributed by atoms with van der Waals surface area (Å²) in [7, 11) is -4.55. The summed E-state index contributed by atoms with van der Waals surface area (Å²) >= 11 is 3.44. The van der Waals surface area contributed by atoms with E-state index in [2.05, 4.69) is 21.2 Å². The topological polar surface area (TPSA) is 86.8 Å². The molecule has 0 aliphatic rings. The largest absolute Gasteiger partial charge is 0.416 e. The Kier molecular flexibility index (Phi) is 12.4. The molecule has 0 heterocycles. The molecule has 0 aliphatic heterocycles. The van der Waals surface area contributed by atoms with Gasteiger partial charge < -0.3 is 10.2 Å². The van der Waals surface area contributed by atoms with Crippen LogP contribution in [0.1, 0.15) is 42.0 Å². The highest BCUT2D eigenvalue weighted by Gasteiger charge is 2.36. The van der Waals surface area contributed by atoms with Gasteiger partial charge in [-0.05, 0) is 66.9 Å². The van der Waals surface area contributed by atoms with E-state index >= 15 is 0 Å². The third kappa shape index (κ3) is 9.70. The Bertz CT molecular complexity index is 1800. The van der Waals surface area contributed by atoms with Crippen molar-refractivity contribution in [1.29, 1.82) is 0 Å². The molecule has 7 nitrogen and oxygen atoms in total. The van der Waals surface area contributed by atoms with Crippen molar-refractivity contribution in [3.63, 3.8) is 0 Å². The number of anilines is 1. The maximum atomic E-state index is 14.5. The first-order chi connectivity index (χ1) is 22.8. The number of unbranched alkanes of at least 4 members (excludes halogenated alkanes) is 1. The lowest BCUT2D eigenvalue weighted by Gasteiger charge is -2.34. The van der Waals surface area contributed by atoms with Gasteiger partial charge in [-0.15, -0.1) is 0 Å². The molecule has 0 spiro atoms. The van der Waals surface area contributed by atoms with Crippen LogP contribution in [0, 0.1) is 6.92 Å². The monoisotopic (exact) mass is 743 g/mol. The van der Waals surface area contributed by atoms with Gasteiger partial charge in [0.15, 0.2) is 0 Å². The number of hydrogen-bond acceptors (Lipinski definition) is 4. The Morgan fingerprint density at radius 3 is 2.19 bits per heavy atom. The molecule has 1 unspecified atom stereocenters. The zero-order chi connectivity index (χ0) is 34.9. The van der Waals surface area contributed by atoms with E-state index in [9.17, 15) is 31.2 Å². The lowest BCUT2D eigenvalue weighted by Crippen LogP contribution is -2.53. The van der Waals surface area contributed by atoms with Gasteiger partial charge in [0.05, 0.1) is 16.1 Å². The van der Waals surface area contributed by atoms with Crippen molar-refractivity contribution in [3.05, 3.63) is 130 Å². The summed E-state index contributed by atoms with van der Waals surface area (Å²) in [6.45, 7) is 3.19. The number of carbonyl (C=O) groups excluding carboxylic acids is 2. The summed E-state index contributed by atoms with van der Waals surface area (Å²) in [5, 5.41) is 2.91. The van der Waals surface area contributed by atoms with Crippen molar-refractivity contribution in [2.75, 3.05) is 17.4 Å². The molecule has 0 aromatic heterocycles. The molecule has 254 valence electrons. The summed E-state index contributed by atoms with van der Waals surface area (Å²) in [6, 6.07) is 24.8. The van der Waals surface area contributed by atoms with Gasteiger partial charge in [0.25, 0.3) is 10.0 Å². The Morgan fingerprint density at radius 1 is 0.875 bits per heavy atom. The molecule has 1 N–H and O–H groups in total. The van der Waals surface area contributed by atoms with E-state index < -0.39 is 46.2 Å². The van der Waals surface area contributed by atoms with Gasteiger partial charge >= 0.3 is 6.18 Å². The Morgan fingerprint density at radius 2 is 1.54 bits per heavy atom. The summed E-state index contributed by atoms with van der Waals surface area (Å²) < 4.78 is 71.1. The normalized spacial score (nSPS) is 12.3. The van der Waals surface area contributed by atoms with Crippen LogP contribution in [0.25, 0.3) is 0 Å². The number of benzene rings is 4. The molecule has 4 aromatic carbocycles. The number of sulfonamides is 1. The fourth-order valence-electron chi connectivity index (χ4n) is 5.10. The number of amides is 2. The molecule has 4 rings (SSSR count). The van der Waals surface area contributed by atoms with E-state index in [-0.39, 0.29) is 23.5 Å². The quantitative estimate of drug-likeness (QED) is 0.135. The average molecular weight is 745 g/mol. The highest BCUT2D eigenvalue weighted by Crippen LogP contribution is 2.33. The first kappa shape index (κ1) is 36.7. The molecule has 12 heteroatoms. The van der Waals surface area contributed by atoms with Crippen LogP contribution in [-0.2, 0) is 38.8 Å². The fourth-order valence-corrected chi connectivity index (χ4v) is 6.95. The SMILES string of the molecule is CCCCNC(=O)C(Cc1ccccc1)N(Cc1cccc(Br)c1)C(=O)CN(c1cccc(C(F)(F)F)c1)S(=O)(=O)c1ccc(C)cc1. The first-order valence-electron chi connectivity index (χ1n) is 15.4. The Balaban J connectivity index is 1.83. The molecular formula is C36H37BrF3N3O4S. The number of rotatable bonds is 14. The van der Waals surface area contributed by atoms with Gasteiger partial charge in [0.2, 0.25) is 11.8 Å². The molecule has 0 saturated carbocycles. The molecule has 0 aliphatic carbocycles. The molecule has 2 amide bonds. The number of carbonyl (C=O) groups is 2. The summed E-state index contributed by atoms with van der Waals surface area (Å²) in [6.07, 6.45) is -3.11. The predicted octanol–water partition coefficient (Wildman–Crippen LogP) is 7.53. The van der Waals surface area contributed by atoms with Crippen LogP contribution < -0.4 is 9.62 Å². The number of nitrogens with zero attached hydrogens (tertiary/aromatic N) is 2. The van der Waals surface area contributed by atoms with Crippen molar-refractivity contribution < 1.29 is 31.2 Å². The molecular weight excluding hydrogens is 707 g/mol. The van der Waals surface area contributed by atoms with Crippen LogP contribution in [0.4, 0.5) is 18.9 Å². The van der Waals surface area contributed by atoms with Crippen molar-refractivity contribution in [2.24, 2.45) is 0 Å². The third-order valence-corrected chi connectivity index (χ3v) is 9.97. The Hall–Kier alpha value is -4.16. The Labute approximate surface area is 287 Å². The number of alkyl halides is 3. The van der Waals surface area contributed by atoms with Crippen molar-refractivity contribution in [2.45, 2.75) is 56.8 Å². The van der Waals surface area contributed by atoms with Crippen molar-refractivity contribution in [3.8, 4) is 0 Å². The molecule has 4 aromatic rings. The number of halogens is 4. The zero-order valence-corrected chi connectivity index (χ0v) is 29.0. The molecule has 0 fully saturated rings. The van der Waals surface area contributed by atoms with E-state index in [1.165, 1.54) is 23.1 Å². The predicted molar refractivity (Wildman–Crippen MR) is 184 cm³/mol. The van der Waals surface area contributed by atoms with E-state index in [0.29, 0.717) is 28.9 Å². The van der Waals surface area contributed by atoms with Gasteiger partial charge in [-0.1, -0.05) is 95.5 Å². The van der Waals surface area contributed by atoms with E-state index in [4.69, 9.17) is 0 Å². The van der Waals surface area contributed by atoms with Crippen LogP contribution in [0.3, 0.4) is 0 Å². The van der Waals surface area contributed by atoms with Crippen LogP contribution in [-0.4, -0.2) is 44.3 Å². The second-order valence-electron chi connectivity index (χ2n) is 11.4. The van der Waals surface area contributed by atoms with E-state index in [1.807, 2.05) is 37.3 Å². The van der Waals surface area contributed by atoms with E-state index in [1.54, 1.807) is 43.3 Å². The van der Waals surface area contributed by atoms with Gasteiger partial charge in [0.1, 0.15) is 12.6 Å². The highest BCUT2D eigenvalue weighted by atomic mass is 79.9. The maximum absolute atomic E-state index is 14.5. The number of aryl methyl sites for hydroxylation is 1. The minimum atomic E-state index is -4.76. The standard InChI is InChI=1S/C36H37BrF3N3O4S/c1-3-4-20-41-35(45)33(22-27-10-6-5-7-11-27)42(24-28-12-8-14-30(37)21-28)34(44)25-43(31-15-9-13-29(23-31)36(38,39)40)48(46,47)32-18-16-26(2)17-19-32/h5-19,21,23,33H,3-4,20,22,24-25H2,1-2H3,(H,41,45). The molecule has 48 heavy (non-hydrogen) atoms. The van der Waals surface area contributed by atoms with Gasteiger partial charge in [-0.3, -0.25) is 13.9 Å². The fraction of sp³-hybridized carbons (Fsp3) is 0.278. The van der Waals surface area contributed by atoms with E-state index in [0.717, 1.165) is 34.2 Å². The van der Waals surface area contributed by atoms with Crippen LogP contribution in [0.15, 0.2) is 112 Å². The van der Waals surface area contributed by atoms with Gasteiger partial charge in [-0.2, -0.15) is 13.2 Å². The lowest BCUT2D eigenvalue weighted by atomic mass is 10.0. The van der Waals surface area contributed by atoms with Crippen LogP contribution in [0.2, 0.25) is 0 Å². The van der Waals surface area contributed by atoms with Gasteiger partial charge in [-0.25, -0.2) is 8.42 Å². The maximum Gasteiger partial charge on any atom is 0.416 e. The highest BCUT2D eigenvalue weighted by molar-refractivity contribution is 9.10. The molecule has 1 atom stereocenters. The molecule has 0 radical (unpaired) electrons. The van der Waals surface area contributed by atoms with Crippen molar-refractivity contribution in [1.82, 2.24) is 10.2 Å². The minimum Gasteiger partial charge on any atom is -0.354 e. The lowest BCUT2D eigenvalue weighted by molar-refractivity contribution is -0.140. The van der Waals surface area contributed by atoms with Crippen molar-refractivity contribution >= 4 is 43.5 Å². The third-order valence-electron chi connectivity index (χ3n) is 7.69. The molecule has 0 bridgehead atoms. The van der Waals surface area contributed by atoms with Crippen LogP contribution >= 0.6 is 15.9 Å². The second kappa shape index (κ2) is 16.3. The van der Waals surface area contributed by atoms with Gasteiger partial charge in [0, 0.05) is 24.0 Å². The molecule has 0 saturated heterocycles. The average Bonchev–Trinajstić information content (AvgIpc) is 3.05. The second-order valence-corrected chi connectivity index (χ2v) is 14.2. The van der Waals surface area contributed by atoms with Crippen LogP contribution in [0.5, 0.6) is 0 Å². The summed E-state index contributed by atoms with van der Waals surface area (Å²) in [5.41, 5.74) is 0.785. The first-order valence-corrected chi connectivity index (χ1v) is 17.6. The zero-order valence-electron chi connectivity index (χ0n) is 26.6. The summed E-state index contributed by atoms with van der Waals surface area (Å²) in [4.78, 5) is 29.4. The number of nitrogens with one attached hydrogen (secondary N) is 1.